The normalized spacial score (nSPS) is 23.0. The first-order chi connectivity index (χ1) is 5.86. The van der Waals surface area contributed by atoms with Gasteiger partial charge in [-0.15, -0.1) is 0 Å². The van der Waals surface area contributed by atoms with Crippen LogP contribution in [0.2, 0.25) is 0 Å². The molecule has 1 aliphatic rings. The van der Waals surface area contributed by atoms with Crippen molar-refractivity contribution in [3.05, 3.63) is 35.9 Å². The van der Waals surface area contributed by atoms with Crippen molar-refractivity contribution >= 4 is 5.78 Å². The van der Waals surface area contributed by atoms with Gasteiger partial charge in [0.25, 0.3) is 0 Å². The monoisotopic (exact) mass is 162 g/mol. The number of carbonyl (C=O) groups is 1. The molecule has 0 amide bonds. The van der Waals surface area contributed by atoms with Crippen molar-refractivity contribution in [2.24, 2.45) is 0 Å². The summed E-state index contributed by atoms with van der Waals surface area (Å²) in [4.78, 5) is 10.9. The lowest BCUT2D eigenvalue weighted by molar-refractivity contribution is -0.117. The molecule has 62 valence electrons. The first-order valence-electron chi connectivity index (χ1n) is 4.04. The highest BCUT2D eigenvalue weighted by molar-refractivity contribution is 5.82. The van der Waals surface area contributed by atoms with Gasteiger partial charge in [0.1, 0.15) is 6.61 Å². The average molecular weight is 162 g/mol. The molecule has 0 saturated carbocycles. The van der Waals surface area contributed by atoms with E-state index in [9.17, 15) is 4.79 Å². The molecule has 1 aromatic carbocycles. The topological polar surface area (TPSA) is 26.3 Å². The summed E-state index contributed by atoms with van der Waals surface area (Å²) in [7, 11) is 0. The standard InChI is InChI=1S/C10H10O2/c11-9-6-10(12-7-9)8-4-2-1-3-5-8/h1-5,10H,6-7H2/t10-/m1/s1. The van der Waals surface area contributed by atoms with E-state index in [0.29, 0.717) is 6.42 Å². The van der Waals surface area contributed by atoms with Crippen molar-refractivity contribution in [1.29, 1.82) is 0 Å². The Bertz CT molecular complexity index is 279. The number of rotatable bonds is 1. The van der Waals surface area contributed by atoms with Gasteiger partial charge >= 0.3 is 0 Å². The van der Waals surface area contributed by atoms with Crippen LogP contribution < -0.4 is 0 Å². The van der Waals surface area contributed by atoms with Gasteiger partial charge in [0.15, 0.2) is 5.78 Å². The van der Waals surface area contributed by atoms with E-state index in [4.69, 9.17) is 4.74 Å². The molecule has 0 unspecified atom stereocenters. The van der Waals surface area contributed by atoms with Gasteiger partial charge in [0, 0.05) is 6.42 Å². The van der Waals surface area contributed by atoms with E-state index < -0.39 is 0 Å². The van der Waals surface area contributed by atoms with Gasteiger partial charge in [0.05, 0.1) is 6.10 Å². The van der Waals surface area contributed by atoms with Gasteiger partial charge in [0.2, 0.25) is 0 Å². The van der Waals surface area contributed by atoms with Crippen LogP contribution in [0.5, 0.6) is 0 Å². The van der Waals surface area contributed by atoms with Crippen LogP contribution in [0.1, 0.15) is 18.1 Å². The zero-order chi connectivity index (χ0) is 8.39. The predicted octanol–water partition coefficient (Wildman–Crippen LogP) is 1.72. The zero-order valence-corrected chi connectivity index (χ0v) is 6.69. The summed E-state index contributed by atoms with van der Waals surface area (Å²) in [5.74, 6) is 0.198. The molecule has 0 spiro atoms. The molecule has 0 aromatic heterocycles. The Kier molecular flexibility index (Phi) is 1.92. The van der Waals surface area contributed by atoms with Crippen molar-refractivity contribution in [3.63, 3.8) is 0 Å². The van der Waals surface area contributed by atoms with Gasteiger partial charge in [-0.1, -0.05) is 30.3 Å². The minimum Gasteiger partial charge on any atom is -0.365 e. The Morgan fingerprint density at radius 3 is 2.58 bits per heavy atom. The molecule has 1 heterocycles. The Labute approximate surface area is 71.2 Å². The number of ketones is 1. The molecule has 0 aliphatic carbocycles. The van der Waals surface area contributed by atoms with Crippen LogP contribution in [0.4, 0.5) is 0 Å². The van der Waals surface area contributed by atoms with E-state index in [0.717, 1.165) is 5.56 Å². The Hall–Kier alpha value is -1.15. The first-order valence-corrected chi connectivity index (χ1v) is 4.04. The average Bonchev–Trinajstić information content (AvgIpc) is 2.54. The van der Waals surface area contributed by atoms with Crippen LogP contribution in [-0.2, 0) is 9.53 Å². The lowest BCUT2D eigenvalue weighted by Crippen LogP contribution is -1.94. The maximum absolute atomic E-state index is 10.9. The number of Topliss-reactive ketones (excluding diaryl/α,β-unsaturated/α-hetero) is 1. The van der Waals surface area contributed by atoms with Crippen LogP contribution in [0, 0.1) is 0 Å². The number of carbonyl (C=O) groups excluding carboxylic acids is 1. The summed E-state index contributed by atoms with van der Waals surface area (Å²) in [6, 6.07) is 9.86. The maximum atomic E-state index is 10.9. The van der Waals surface area contributed by atoms with Crippen molar-refractivity contribution in [2.45, 2.75) is 12.5 Å². The molecule has 2 heteroatoms. The summed E-state index contributed by atoms with van der Waals surface area (Å²) in [6.45, 7) is 0.277. The Balaban J connectivity index is 2.16. The summed E-state index contributed by atoms with van der Waals surface area (Å²) in [6.07, 6.45) is 0.531. The van der Waals surface area contributed by atoms with Gasteiger partial charge < -0.3 is 4.74 Å². The molecule has 0 bridgehead atoms. The van der Waals surface area contributed by atoms with Gasteiger partial charge in [-0.05, 0) is 5.56 Å². The quantitative estimate of drug-likeness (QED) is 0.628. The Morgan fingerprint density at radius 2 is 2.00 bits per heavy atom. The minimum atomic E-state index is -0.00120. The molecule has 1 aliphatic heterocycles. The minimum absolute atomic E-state index is 0.00120. The molecule has 1 fully saturated rings. The fraction of sp³-hybridized carbons (Fsp3) is 0.300. The number of ether oxygens (including phenoxy) is 1. The number of benzene rings is 1. The molecule has 1 atom stereocenters. The van der Waals surface area contributed by atoms with E-state index >= 15 is 0 Å². The third-order valence-electron chi connectivity index (χ3n) is 2.03. The van der Waals surface area contributed by atoms with E-state index in [1.54, 1.807) is 0 Å². The largest absolute Gasteiger partial charge is 0.365 e. The summed E-state index contributed by atoms with van der Waals surface area (Å²) < 4.78 is 5.30. The highest BCUT2D eigenvalue weighted by Crippen LogP contribution is 2.25. The number of hydrogen-bond donors (Lipinski definition) is 0. The second-order valence-corrected chi connectivity index (χ2v) is 2.95. The van der Waals surface area contributed by atoms with Crippen LogP contribution in [-0.4, -0.2) is 12.4 Å². The van der Waals surface area contributed by atoms with Crippen LogP contribution in [0.15, 0.2) is 30.3 Å². The lowest BCUT2D eigenvalue weighted by Gasteiger charge is -2.06. The maximum Gasteiger partial charge on any atom is 0.161 e. The van der Waals surface area contributed by atoms with E-state index in [2.05, 4.69) is 0 Å². The van der Waals surface area contributed by atoms with E-state index in [-0.39, 0.29) is 18.5 Å². The zero-order valence-electron chi connectivity index (χ0n) is 6.69. The molecule has 12 heavy (non-hydrogen) atoms. The van der Waals surface area contributed by atoms with Crippen molar-refractivity contribution in [3.8, 4) is 0 Å². The third kappa shape index (κ3) is 1.38. The van der Waals surface area contributed by atoms with Gasteiger partial charge in [-0.2, -0.15) is 0 Å². The van der Waals surface area contributed by atoms with Crippen LogP contribution >= 0.6 is 0 Å². The number of hydrogen-bond acceptors (Lipinski definition) is 2. The molecule has 1 aromatic rings. The van der Waals surface area contributed by atoms with Crippen molar-refractivity contribution in [1.82, 2.24) is 0 Å². The van der Waals surface area contributed by atoms with Gasteiger partial charge in [-0.3, -0.25) is 4.79 Å². The van der Waals surface area contributed by atoms with Gasteiger partial charge in [-0.25, -0.2) is 0 Å². The van der Waals surface area contributed by atoms with Crippen LogP contribution in [0.3, 0.4) is 0 Å². The third-order valence-corrected chi connectivity index (χ3v) is 2.03. The summed E-state index contributed by atoms with van der Waals surface area (Å²) in [5.41, 5.74) is 1.10. The lowest BCUT2D eigenvalue weighted by atomic mass is 10.1. The fourth-order valence-electron chi connectivity index (χ4n) is 1.40. The Morgan fingerprint density at radius 1 is 1.25 bits per heavy atom. The van der Waals surface area contributed by atoms with E-state index in [1.165, 1.54) is 0 Å². The second-order valence-electron chi connectivity index (χ2n) is 2.95. The van der Waals surface area contributed by atoms with E-state index in [1.807, 2.05) is 30.3 Å². The summed E-state index contributed by atoms with van der Waals surface area (Å²) in [5, 5.41) is 0. The molecular weight excluding hydrogens is 152 g/mol. The molecule has 2 rings (SSSR count). The van der Waals surface area contributed by atoms with Crippen molar-refractivity contribution in [2.75, 3.05) is 6.61 Å². The fourth-order valence-corrected chi connectivity index (χ4v) is 1.40. The highest BCUT2D eigenvalue weighted by Gasteiger charge is 2.23. The molecule has 1 saturated heterocycles. The molecular formula is C10H10O2. The highest BCUT2D eigenvalue weighted by atomic mass is 16.5. The first kappa shape index (κ1) is 7.50. The van der Waals surface area contributed by atoms with Crippen LogP contribution in [0.25, 0.3) is 0 Å². The SMILES string of the molecule is O=C1CO[C@@H](c2ccccc2)C1. The molecule has 0 N–H and O–H groups in total. The smallest absolute Gasteiger partial charge is 0.161 e. The van der Waals surface area contributed by atoms with Crippen molar-refractivity contribution < 1.29 is 9.53 Å². The molecule has 2 nitrogen and oxygen atoms in total. The predicted molar refractivity (Wildman–Crippen MR) is 44.8 cm³/mol. The second kappa shape index (κ2) is 3.07. The molecule has 0 radical (unpaired) electrons. The summed E-state index contributed by atoms with van der Waals surface area (Å²) >= 11 is 0.